The fourth-order valence-electron chi connectivity index (χ4n) is 4.27. The molecule has 0 aliphatic carbocycles. The SMILES string of the molecule is COc1ccc(C2=C(c3ccc(SC)cc3)CC3CCCN3C2=O)cc1OC. The quantitative estimate of drug-likeness (QED) is 0.686. The second kappa shape index (κ2) is 7.92. The van der Waals surface area contributed by atoms with Gasteiger partial charge in [0.1, 0.15) is 0 Å². The lowest BCUT2D eigenvalue weighted by atomic mass is 9.85. The van der Waals surface area contributed by atoms with Crippen LogP contribution in [0.2, 0.25) is 0 Å². The molecule has 2 aliphatic rings. The number of thioether (sulfide) groups is 1. The average molecular weight is 396 g/mol. The summed E-state index contributed by atoms with van der Waals surface area (Å²) in [6.07, 6.45) is 5.13. The van der Waals surface area contributed by atoms with Gasteiger partial charge < -0.3 is 14.4 Å². The van der Waals surface area contributed by atoms with Gasteiger partial charge in [0.25, 0.3) is 5.91 Å². The number of ether oxygens (including phenoxy) is 2. The van der Waals surface area contributed by atoms with E-state index in [9.17, 15) is 4.79 Å². The first-order valence-electron chi connectivity index (χ1n) is 9.57. The van der Waals surface area contributed by atoms with Gasteiger partial charge in [0, 0.05) is 17.5 Å². The van der Waals surface area contributed by atoms with Gasteiger partial charge in [-0.25, -0.2) is 0 Å². The molecule has 1 amide bonds. The van der Waals surface area contributed by atoms with E-state index in [0.717, 1.165) is 48.1 Å². The van der Waals surface area contributed by atoms with Gasteiger partial charge in [0.15, 0.2) is 11.5 Å². The minimum absolute atomic E-state index is 0.130. The molecular weight excluding hydrogens is 370 g/mol. The highest BCUT2D eigenvalue weighted by atomic mass is 32.2. The van der Waals surface area contributed by atoms with Gasteiger partial charge in [-0.3, -0.25) is 4.79 Å². The van der Waals surface area contributed by atoms with E-state index in [1.54, 1.807) is 26.0 Å². The van der Waals surface area contributed by atoms with Crippen LogP contribution in [-0.4, -0.2) is 43.9 Å². The van der Waals surface area contributed by atoms with Crippen LogP contribution in [0.1, 0.15) is 30.4 Å². The Balaban J connectivity index is 1.87. The summed E-state index contributed by atoms with van der Waals surface area (Å²) in [5.41, 5.74) is 3.93. The molecule has 4 rings (SSSR count). The molecule has 2 aromatic rings. The summed E-state index contributed by atoms with van der Waals surface area (Å²) in [5, 5.41) is 0. The minimum atomic E-state index is 0.130. The van der Waals surface area contributed by atoms with Crippen molar-refractivity contribution in [2.24, 2.45) is 0 Å². The smallest absolute Gasteiger partial charge is 0.255 e. The molecule has 2 aliphatic heterocycles. The molecule has 0 aromatic heterocycles. The van der Waals surface area contributed by atoms with E-state index >= 15 is 0 Å². The fourth-order valence-corrected chi connectivity index (χ4v) is 4.68. The Morgan fingerprint density at radius 3 is 2.39 bits per heavy atom. The van der Waals surface area contributed by atoms with E-state index in [4.69, 9.17) is 9.47 Å². The highest BCUT2D eigenvalue weighted by molar-refractivity contribution is 7.98. The first-order valence-corrected chi connectivity index (χ1v) is 10.8. The van der Waals surface area contributed by atoms with Crippen molar-refractivity contribution >= 4 is 28.8 Å². The highest BCUT2D eigenvalue weighted by Gasteiger charge is 2.38. The van der Waals surface area contributed by atoms with E-state index < -0.39 is 0 Å². The normalized spacial score (nSPS) is 19.0. The molecule has 0 bridgehead atoms. The number of hydrogen-bond acceptors (Lipinski definition) is 4. The summed E-state index contributed by atoms with van der Waals surface area (Å²) in [7, 11) is 3.24. The molecule has 1 fully saturated rings. The van der Waals surface area contributed by atoms with Crippen molar-refractivity contribution in [2.75, 3.05) is 27.0 Å². The van der Waals surface area contributed by atoms with Crippen LogP contribution in [0.25, 0.3) is 11.1 Å². The summed E-state index contributed by atoms with van der Waals surface area (Å²) in [5.74, 6) is 1.44. The van der Waals surface area contributed by atoms with E-state index in [2.05, 4.69) is 30.5 Å². The highest BCUT2D eigenvalue weighted by Crippen LogP contribution is 2.42. The van der Waals surface area contributed by atoms with Crippen molar-refractivity contribution in [1.82, 2.24) is 4.90 Å². The van der Waals surface area contributed by atoms with Gasteiger partial charge in [-0.05, 0) is 66.5 Å². The summed E-state index contributed by atoms with van der Waals surface area (Å²) < 4.78 is 10.9. The summed E-state index contributed by atoms with van der Waals surface area (Å²) >= 11 is 1.72. The maximum atomic E-state index is 13.5. The zero-order valence-corrected chi connectivity index (χ0v) is 17.3. The second-order valence-corrected chi connectivity index (χ2v) is 8.03. The molecule has 0 radical (unpaired) electrons. The van der Waals surface area contributed by atoms with Gasteiger partial charge in [-0.2, -0.15) is 0 Å². The van der Waals surface area contributed by atoms with Crippen molar-refractivity contribution in [3.63, 3.8) is 0 Å². The average Bonchev–Trinajstić information content (AvgIpc) is 3.22. The zero-order valence-electron chi connectivity index (χ0n) is 16.5. The summed E-state index contributed by atoms with van der Waals surface area (Å²) in [6.45, 7) is 0.846. The van der Waals surface area contributed by atoms with Gasteiger partial charge in [0.2, 0.25) is 0 Å². The molecule has 1 saturated heterocycles. The Hall–Kier alpha value is -2.40. The van der Waals surface area contributed by atoms with Crippen LogP contribution in [0.4, 0.5) is 0 Å². The van der Waals surface area contributed by atoms with Crippen LogP contribution in [0.3, 0.4) is 0 Å². The molecule has 28 heavy (non-hydrogen) atoms. The largest absolute Gasteiger partial charge is 0.493 e. The third-order valence-electron chi connectivity index (χ3n) is 5.70. The molecule has 2 heterocycles. The monoisotopic (exact) mass is 395 g/mol. The van der Waals surface area contributed by atoms with Gasteiger partial charge >= 0.3 is 0 Å². The number of rotatable bonds is 5. The van der Waals surface area contributed by atoms with Crippen molar-refractivity contribution in [3.05, 3.63) is 53.6 Å². The molecule has 5 heteroatoms. The van der Waals surface area contributed by atoms with Gasteiger partial charge in [0.05, 0.1) is 19.8 Å². The minimum Gasteiger partial charge on any atom is -0.493 e. The third-order valence-corrected chi connectivity index (χ3v) is 6.45. The number of nitrogens with zero attached hydrogens (tertiary/aromatic N) is 1. The van der Waals surface area contributed by atoms with Crippen LogP contribution in [0.5, 0.6) is 11.5 Å². The van der Waals surface area contributed by atoms with Crippen molar-refractivity contribution < 1.29 is 14.3 Å². The number of fused-ring (bicyclic) bond motifs is 1. The Bertz CT molecular complexity index is 920. The number of hydrogen-bond donors (Lipinski definition) is 0. The molecular formula is C23H25NO3S. The molecule has 1 unspecified atom stereocenters. The fraction of sp³-hybridized carbons (Fsp3) is 0.348. The van der Waals surface area contributed by atoms with Crippen LogP contribution in [-0.2, 0) is 4.79 Å². The molecule has 2 aromatic carbocycles. The van der Waals surface area contributed by atoms with Crippen molar-refractivity contribution in [3.8, 4) is 11.5 Å². The van der Waals surface area contributed by atoms with Crippen LogP contribution in [0, 0.1) is 0 Å². The predicted molar refractivity (Wildman–Crippen MR) is 114 cm³/mol. The second-order valence-electron chi connectivity index (χ2n) is 7.15. The molecule has 0 N–H and O–H groups in total. The van der Waals surface area contributed by atoms with E-state index in [1.165, 1.54) is 4.90 Å². The summed E-state index contributed by atoms with van der Waals surface area (Å²) in [6, 6.07) is 14.6. The van der Waals surface area contributed by atoms with E-state index in [-0.39, 0.29) is 5.91 Å². The predicted octanol–water partition coefficient (Wildman–Crippen LogP) is 4.73. The first-order chi connectivity index (χ1) is 13.7. The summed E-state index contributed by atoms with van der Waals surface area (Å²) in [4.78, 5) is 16.7. The Morgan fingerprint density at radius 1 is 1.00 bits per heavy atom. The topological polar surface area (TPSA) is 38.8 Å². The lowest BCUT2D eigenvalue weighted by Crippen LogP contribution is -2.39. The van der Waals surface area contributed by atoms with Crippen LogP contribution in [0.15, 0.2) is 47.4 Å². The van der Waals surface area contributed by atoms with Gasteiger partial charge in [-0.15, -0.1) is 11.8 Å². The van der Waals surface area contributed by atoms with Gasteiger partial charge in [-0.1, -0.05) is 18.2 Å². The van der Waals surface area contributed by atoms with Crippen molar-refractivity contribution in [1.29, 1.82) is 0 Å². The maximum Gasteiger partial charge on any atom is 0.255 e. The molecule has 0 saturated carbocycles. The molecule has 146 valence electrons. The maximum absolute atomic E-state index is 13.5. The number of methoxy groups -OCH3 is 2. The number of benzene rings is 2. The van der Waals surface area contributed by atoms with E-state index in [1.807, 2.05) is 23.1 Å². The molecule has 1 atom stereocenters. The third kappa shape index (κ3) is 3.28. The van der Waals surface area contributed by atoms with Crippen molar-refractivity contribution in [2.45, 2.75) is 30.2 Å². The first kappa shape index (κ1) is 18.9. The molecule has 4 nitrogen and oxygen atoms in total. The standard InChI is InChI=1S/C23H25NO3S/c1-26-20-11-8-16(13-21(20)27-2)22-19(15-6-9-18(28-3)10-7-15)14-17-5-4-12-24(17)23(22)25/h6-11,13,17H,4-5,12,14H2,1-3H3. The number of carbonyl (C=O) groups excluding carboxylic acids is 1. The Kier molecular flexibility index (Phi) is 5.36. The lowest BCUT2D eigenvalue weighted by Gasteiger charge is -2.33. The van der Waals surface area contributed by atoms with E-state index in [0.29, 0.717) is 17.5 Å². The number of amides is 1. The van der Waals surface area contributed by atoms with Crippen LogP contribution >= 0.6 is 11.8 Å². The Labute approximate surface area is 170 Å². The van der Waals surface area contributed by atoms with Crippen LogP contribution < -0.4 is 9.47 Å². The zero-order chi connectivity index (χ0) is 19.7. The molecule has 0 spiro atoms. The number of carbonyl (C=O) groups is 1. The lowest BCUT2D eigenvalue weighted by molar-refractivity contribution is -0.126. The Morgan fingerprint density at radius 2 is 1.71 bits per heavy atom.